The quantitative estimate of drug-likeness (QED) is 0.260. The monoisotopic (exact) mass is 483 g/mol. The molecule has 35 heavy (non-hydrogen) atoms. The summed E-state index contributed by atoms with van der Waals surface area (Å²) in [5.41, 5.74) is 3.22. The predicted octanol–water partition coefficient (Wildman–Crippen LogP) is 7.02. The van der Waals surface area contributed by atoms with Crippen molar-refractivity contribution in [1.29, 1.82) is 0 Å². The maximum Gasteiger partial charge on any atom is 0.226 e. The summed E-state index contributed by atoms with van der Waals surface area (Å²) < 4.78 is 47.9. The summed E-state index contributed by atoms with van der Waals surface area (Å²) in [5.74, 6) is 0.0501. The van der Waals surface area contributed by atoms with Crippen LogP contribution in [0.4, 0.5) is 4.39 Å². The first-order valence-electron chi connectivity index (χ1n) is 11.1. The van der Waals surface area contributed by atoms with Gasteiger partial charge in [-0.1, -0.05) is 78.4 Å². The van der Waals surface area contributed by atoms with Crippen LogP contribution in [-0.4, -0.2) is 13.4 Å². The second-order valence-electron chi connectivity index (χ2n) is 8.25. The Morgan fingerprint density at radius 1 is 0.743 bits per heavy atom. The van der Waals surface area contributed by atoms with Crippen LogP contribution in [0.25, 0.3) is 22.7 Å². The summed E-state index contributed by atoms with van der Waals surface area (Å²) in [6.07, 6.45) is 0. The van der Waals surface area contributed by atoms with Gasteiger partial charge in [0, 0.05) is 11.1 Å². The molecule has 0 aliphatic rings. The Labute approximate surface area is 203 Å². The zero-order valence-corrected chi connectivity index (χ0v) is 19.7. The van der Waals surface area contributed by atoms with Crippen molar-refractivity contribution in [2.75, 3.05) is 0 Å². The highest BCUT2D eigenvalue weighted by Gasteiger charge is 2.37. The average molecular weight is 484 g/mol. The third-order valence-corrected chi connectivity index (χ3v) is 7.83. The van der Waals surface area contributed by atoms with E-state index < -0.39 is 15.1 Å². The number of rotatable bonds is 6. The van der Waals surface area contributed by atoms with Crippen molar-refractivity contribution in [3.05, 3.63) is 132 Å². The molecule has 0 amide bonds. The highest BCUT2D eigenvalue weighted by atomic mass is 32.2. The van der Waals surface area contributed by atoms with Gasteiger partial charge in [-0.2, -0.15) is 0 Å². The number of aromatic nitrogens is 1. The molecule has 0 saturated heterocycles. The molecule has 5 aromatic rings. The van der Waals surface area contributed by atoms with E-state index in [1.807, 2.05) is 43.3 Å². The first kappa shape index (κ1) is 22.7. The molecule has 0 bridgehead atoms. The van der Waals surface area contributed by atoms with Crippen LogP contribution in [0.2, 0.25) is 0 Å². The molecule has 0 aliphatic heterocycles. The number of nitrogens with zero attached hydrogens (tertiary/aromatic N) is 1. The van der Waals surface area contributed by atoms with E-state index in [4.69, 9.17) is 9.40 Å². The highest BCUT2D eigenvalue weighted by molar-refractivity contribution is 7.91. The SMILES string of the molecule is Cc1ccc(S(=O)(=O)C(c2ccccc2)c2oc(-c3ccc(F)cc3)nc2-c2ccccc2)cc1. The van der Waals surface area contributed by atoms with Gasteiger partial charge >= 0.3 is 0 Å². The second kappa shape index (κ2) is 9.31. The van der Waals surface area contributed by atoms with Crippen molar-refractivity contribution in [2.24, 2.45) is 0 Å². The van der Waals surface area contributed by atoms with Gasteiger partial charge in [0.2, 0.25) is 5.89 Å². The van der Waals surface area contributed by atoms with E-state index in [0.717, 1.165) is 11.1 Å². The van der Waals surface area contributed by atoms with E-state index in [-0.39, 0.29) is 22.4 Å². The van der Waals surface area contributed by atoms with Gasteiger partial charge in [0.1, 0.15) is 11.5 Å². The Morgan fingerprint density at radius 3 is 1.97 bits per heavy atom. The molecule has 6 heteroatoms. The minimum atomic E-state index is -3.92. The Balaban J connectivity index is 1.77. The van der Waals surface area contributed by atoms with E-state index >= 15 is 0 Å². The van der Waals surface area contributed by atoms with E-state index in [1.54, 1.807) is 60.7 Å². The predicted molar refractivity (Wildman–Crippen MR) is 134 cm³/mol. The first-order valence-corrected chi connectivity index (χ1v) is 12.7. The molecule has 5 rings (SSSR count). The summed E-state index contributed by atoms with van der Waals surface area (Å²) in [7, 11) is -3.92. The van der Waals surface area contributed by atoms with Crippen molar-refractivity contribution in [1.82, 2.24) is 4.98 Å². The molecule has 0 radical (unpaired) electrons. The molecule has 0 fully saturated rings. The average Bonchev–Trinajstić information content (AvgIpc) is 3.30. The summed E-state index contributed by atoms with van der Waals surface area (Å²) in [6.45, 7) is 1.91. The lowest BCUT2D eigenvalue weighted by molar-refractivity contribution is 0.513. The van der Waals surface area contributed by atoms with Crippen LogP contribution in [0.3, 0.4) is 0 Å². The molecule has 1 heterocycles. The van der Waals surface area contributed by atoms with Gasteiger partial charge in [-0.05, 0) is 48.9 Å². The van der Waals surface area contributed by atoms with Gasteiger partial charge in [-0.3, -0.25) is 0 Å². The van der Waals surface area contributed by atoms with Crippen LogP contribution < -0.4 is 0 Å². The molecule has 1 aromatic heterocycles. The first-order chi connectivity index (χ1) is 16.9. The normalized spacial score (nSPS) is 12.4. The van der Waals surface area contributed by atoms with Crippen LogP contribution in [0, 0.1) is 12.7 Å². The number of sulfone groups is 1. The molecule has 1 atom stereocenters. The fourth-order valence-electron chi connectivity index (χ4n) is 3.99. The number of aryl methyl sites for hydroxylation is 1. The van der Waals surface area contributed by atoms with Crippen molar-refractivity contribution in [3.8, 4) is 22.7 Å². The smallest absolute Gasteiger partial charge is 0.226 e. The van der Waals surface area contributed by atoms with Crippen LogP contribution in [0.1, 0.15) is 22.1 Å². The number of halogens is 1. The molecule has 0 N–H and O–H groups in total. The molecular formula is C29H22FNO3S. The van der Waals surface area contributed by atoms with Crippen molar-refractivity contribution in [2.45, 2.75) is 17.1 Å². The second-order valence-corrected chi connectivity index (χ2v) is 10.3. The fraction of sp³-hybridized carbons (Fsp3) is 0.0690. The zero-order valence-electron chi connectivity index (χ0n) is 18.9. The van der Waals surface area contributed by atoms with Crippen LogP contribution >= 0.6 is 0 Å². The van der Waals surface area contributed by atoms with Gasteiger partial charge in [0.15, 0.2) is 20.8 Å². The number of benzene rings is 4. The summed E-state index contributed by atoms with van der Waals surface area (Å²) in [5, 5.41) is -1.14. The zero-order chi connectivity index (χ0) is 24.4. The molecule has 1 unspecified atom stereocenters. The molecule has 0 saturated carbocycles. The van der Waals surface area contributed by atoms with Gasteiger partial charge in [0.05, 0.1) is 4.90 Å². The van der Waals surface area contributed by atoms with Gasteiger partial charge in [0.25, 0.3) is 0 Å². The topological polar surface area (TPSA) is 60.2 Å². The van der Waals surface area contributed by atoms with Crippen LogP contribution in [0.5, 0.6) is 0 Å². The number of hydrogen-bond acceptors (Lipinski definition) is 4. The Morgan fingerprint density at radius 2 is 1.34 bits per heavy atom. The minimum Gasteiger partial charge on any atom is -0.439 e. The fourth-order valence-corrected chi connectivity index (χ4v) is 5.74. The molecule has 0 spiro atoms. The summed E-state index contributed by atoms with van der Waals surface area (Å²) in [4.78, 5) is 4.88. The third-order valence-electron chi connectivity index (χ3n) is 5.79. The Kier molecular flexibility index (Phi) is 6.05. The van der Waals surface area contributed by atoms with Crippen molar-refractivity contribution < 1.29 is 17.2 Å². The molecule has 174 valence electrons. The molecular weight excluding hydrogens is 461 g/mol. The Hall–Kier alpha value is -4.03. The number of hydrogen-bond donors (Lipinski definition) is 0. The largest absolute Gasteiger partial charge is 0.439 e. The summed E-state index contributed by atoms with van der Waals surface area (Å²) >= 11 is 0. The lowest BCUT2D eigenvalue weighted by Crippen LogP contribution is -2.15. The molecule has 0 aliphatic carbocycles. The standard InChI is InChI=1S/C29H22FNO3S/c1-20-12-18-25(19-13-20)35(32,33)28(22-10-6-3-7-11-22)27-26(21-8-4-2-5-9-21)31-29(34-27)23-14-16-24(30)17-15-23/h2-19,28H,1H3. The van der Waals surface area contributed by atoms with Gasteiger partial charge < -0.3 is 4.42 Å². The molecule has 4 nitrogen and oxygen atoms in total. The number of oxazole rings is 1. The van der Waals surface area contributed by atoms with E-state index in [9.17, 15) is 12.8 Å². The van der Waals surface area contributed by atoms with Crippen LogP contribution in [-0.2, 0) is 9.84 Å². The van der Waals surface area contributed by atoms with Gasteiger partial charge in [-0.25, -0.2) is 17.8 Å². The third kappa shape index (κ3) is 4.53. The minimum absolute atomic E-state index is 0.190. The lowest BCUT2D eigenvalue weighted by atomic mass is 10.0. The summed E-state index contributed by atoms with van der Waals surface area (Å²) in [6, 6.07) is 30.8. The van der Waals surface area contributed by atoms with Crippen LogP contribution in [0.15, 0.2) is 119 Å². The van der Waals surface area contributed by atoms with E-state index in [0.29, 0.717) is 16.8 Å². The van der Waals surface area contributed by atoms with E-state index in [2.05, 4.69) is 0 Å². The lowest BCUT2D eigenvalue weighted by Gasteiger charge is -2.18. The van der Waals surface area contributed by atoms with Crippen molar-refractivity contribution >= 4 is 9.84 Å². The van der Waals surface area contributed by atoms with Gasteiger partial charge in [-0.15, -0.1) is 0 Å². The molecule has 4 aromatic carbocycles. The maximum atomic E-state index is 14.1. The van der Waals surface area contributed by atoms with E-state index in [1.165, 1.54) is 12.1 Å². The highest BCUT2D eigenvalue weighted by Crippen LogP contribution is 2.42. The van der Waals surface area contributed by atoms with Crippen molar-refractivity contribution in [3.63, 3.8) is 0 Å². The maximum absolute atomic E-state index is 14.1. The Bertz CT molecular complexity index is 1540.